The molecular formula is C29H30ClN3O4. The van der Waals surface area contributed by atoms with E-state index in [0.29, 0.717) is 57.0 Å². The summed E-state index contributed by atoms with van der Waals surface area (Å²) in [5.41, 5.74) is 3.58. The summed E-state index contributed by atoms with van der Waals surface area (Å²) in [6.07, 6.45) is 2.72. The second-order valence-corrected chi connectivity index (χ2v) is 10.1. The van der Waals surface area contributed by atoms with E-state index in [-0.39, 0.29) is 5.75 Å². The van der Waals surface area contributed by atoms with Crippen molar-refractivity contribution in [1.29, 1.82) is 0 Å². The van der Waals surface area contributed by atoms with Crippen LogP contribution in [0.2, 0.25) is 5.02 Å². The number of carbonyl (C=O) groups excluding carboxylic acids is 2. The number of phenols is 1. The van der Waals surface area contributed by atoms with Crippen LogP contribution in [0.1, 0.15) is 46.9 Å². The molecule has 0 spiro atoms. The minimum Gasteiger partial charge on any atom is -0.504 e. The minimum atomic E-state index is -0.448. The van der Waals surface area contributed by atoms with Gasteiger partial charge in [0, 0.05) is 40.5 Å². The predicted molar refractivity (Wildman–Crippen MR) is 147 cm³/mol. The summed E-state index contributed by atoms with van der Waals surface area (Å²) in [5.74, 6) is -0.496. The highest BCUT2D eigenvalue weighted by molar-refractivity contribution is 6.36. The van der Waals surface area contributed by atoms with Gasteiger partial charge in [-0.15, -0.1) is 0 Å². The lowest BCUT2D eigenvalue weighted by atomic mass is 9.93. The number of benzene rings is 3. The van der Waals surface area contributed by atoms with Gasteiger partial charge >= 0.3 is 0 Å². The summed E-state index contributed by atoms with van der Waals surface area (Å²) in [7, 11) is 4.01. The maximum absolute atomic E-state index is 13.1. The van der Waals surface area contributed by atoms with Crippen LogP contribution in [0.15, 0.2) is 42.5 Å². The Morgan fingerprint density at radius 3 is 2.49 bits per heavy atom. The van der Waals surface area contributed by atoms with Gasteiger partial charge in [-0.2, -0.15) is 0 Å². The average molecular weight is 520 g/mol. The molecule has 2 amide bonds. The van der Waals surface area contributed by atoms with Crippen molar-refractivity contribution in [2.24, 2.45) is 0 Å². The average Bonchev–Trinajstić information content (AvgIpc) is 3.32. The molecule has 1 aliphatic rings. The number of phenolic OH excluding ortho intramolecular Hbond substituents is 1. The summed E-state index contributed by atoms with van der Waals surface area (Å²) in [4.78, 5) is 28.2. The van der Waals surface area contributed by atoms with Gasteiger partial charge in [0.1, 0.15) is 0 Å². The van der Waals surface area contributed by atoms with Gasteiger partial charge in [0.25, 0.3) is 11.8 Å². The Hall–Kier alpha value is -3.55. The summed E-state index contributed by atoms with van der Waals surface area (Å²) in [6.45, 7) is 4.17. The first kappa shape index (κ1) is 25.1. The highest BCUT2D eigenvalue weighted by Crippen LogP contribution is 2.44. The second kappa shape index (κ2) is 10.1. The van der Waals surface area contributed by atoms with Gasteiger partial charge in [-0.1, -0.05) is 43.1 Å². The summed E-state index contributed by atoms with van der Waals surface area (Å²) < 4.78 is 8.10. The number of hydrogen-bond acceptors (Lipinski definition) is 5. The molecule has 0 fully saturated rings. The molecule has 7 nitrogen and oxygen atoms in total. The molecule has 2 heterocycles. The third kappa shape index (κ3) is 4.43. The van der Waals surface area contributed by atoms with Gasteiger partial charge in [-0.3, -0.25) is 14.9 Å². The van der Waals surface area contributed by atoms with E-state index in [1.807, 2.05) is 44.4 Å². The van der Waals surface area contributed by atoms with Crippen molar-refractivity contribution in [1.82, 2.24) is 14.8 Å². The van der Waals surface area contributed by atoms with Crippen molar-refractivity contribution in [2.45, 2.75) is 32.7 Å². The third-order valence-corrected chi connectivity index (χ3v) is 7.15. The number of carbonyl (C=O) groups is 2. The van der Waals surface area contributed by atoms with E-state index in [9.17, 15) is 14.7 Å². The monoisotopic (exact) mass is 519 g/mol. The molecule has 0 bridgehead atoms. The van der Waals surface area contributed by atoms with Crippen LogP contribution in [0, 0.1) is 0 Å². The van der Waals surface area contributed by atoms with Crippen molar-refractivity contribution in [3.05, 3.63) is 58.6 Å². The Morgan fingerprint density at radius 2 is 1.76 bits per heavy atom. The zero-order valence-corrected chi connectivity index (χ0v) is 22.0. The fraction of sp³-hybridized carbons (Fsp3) is 0.310. The number of rotatable bonds is 9. The molecule has 2 N–H and O–H groups in total. The quantitative estimate of drug-likeness (QED) is 0.214. The topological polar surface area (TPSA) is 83.8 Å². The number of unbranched alkanes of at least 4 members (excludes halogenated alkanes) is 1. The molecule has 0 saturated heterocycles. The molecule has 0 unspecified atom stereocenters. The van der Waals surface area contributed by atoms with Crippen molar-refractivity contribution in [3.8, 4) is 22.6 Å². The number of aromatic hydroxyl groups is 1. The molecule has 0 saturated carbocycles. The van der Waals surface area contributed by atoms with Gasteiger partial charge in [0.2, 0.25) is 0 Å². The lowest BCUT2D eigenvalue weighted by Gasteiger charge is -2.13. The van der Waals surface area contributed by atoms with Crippen LogP contribution < -0.4 is 10.1 Å². The molecule has 3 aromatic carbocycles. The second-order valence-electron chi connectivity index (χ2n) is 9.68. The van der Waals surface area contributed by atoms with Crippen molar-refractivity contribution in [2.75, 3.05) is 27.2 Å². The van der Waals surface area contributed by atoms with Gasteiger partial charge in [0.15, 0.2) is 11.5 Å². The first-order chi connectivity index (χ1) is 17.8. The van der Waals surface area contributed by atoms with Gasteiger partial charge in [-0.05, 0) is 50.7 Å². The number of nitrogens with one attached hydrogen (secondary N) is 1. The Bertz CT molecular complexity index is 1540. The van der Waals surface area contributed by atoms with E-state index >= 15 is 0 Å². The maximum Gasteiger partial charge on any atom is 0.259 e. The minimum absolute atomic E-state index is 0.000515. The van der Waals surface area contributed by atoms with E-state index < -0.39 is 11.8 Å². The number of aryl methyl sites for hydroxylation is 1. The van der Waals surface area contributed by atoms with E-state index in [4.69, 9.17) is 16.3 Å². The molecule has 37 heavy (non-hydrogen) atoms. The Labute approximate surface area is 220 Å². The fourth-order valence-corrected chi connectivity index (χ4v) is 5.32. The number of fused-ring (bicyclic) bond motifs is 5. The number of hydrogen-bond donors (Lipinski definition) is 2. The van der Waals surface area contributed by atoms with Crippen LogP contribution in [0.4, 0.5) is 0 Å². The van der Waals surface area contributed by atoms with Crippen molar-refractivity contribution in [3.63, 3.8) is 0 Å². The first-order valence-electron chi connectivity index (χ1n) is 12.6. The maximum atomic E-state index is 13.1. The van der Waals surface area contributed by atoms with Crippen LogP contribution in [-0.4, -0.2) is 53.6 Å². The number of amides is 2. The zero-order valence-electron chi connectivity index (χ0n) is 21.2. The van der Waals surface area contributed by atoms with E-state index in [2.05, 4.69) is 21.7 Å². The van der Waals surface area contributed by atoms with Crippen LogP contribution in [-0.2, 0) is 6.54 Å². The first-order valence-corrected chi connectivity index (χ1v) is 12.9. The molecule has 8 heteroatoms. The van der Waals surface area contributed by atoms with E-state index in [1.54, 1.807) is 12.1 Å². The molecule has 192 valence electrons. The largest absolute Gasteiger partial charge is 0.504 e. The highest BCUT2D eigenvalue weighted by atomic mass is 35.5. The predicted octanol–water partition coefficient (Wildman–Crippen LogP) is 5.83. The number of ether oxygens (including phenoxy) is 1. The normalized spacial score (nSPS) is 13.1. The van der Waals surface area contributed by atoms with Crippen LogP contribution in [0.25, 0.3) is 32.9 Å². The molecule has 0 atom stereocenters. The number of aromatic nitrogens is 1. The van der Waals surface area contributed by atoms with Gasteiger partial charge in [-0.25, -0.2) is 0 Å². The third-order valence-electron chi connectivity index (χ3n) is 6.82. The molecule has 5 rings (SSSR count). The van der Waals surface area contributed by atoms with Crippen LogP contribution >= 0.6 is 11.6 Å². The van der Waals surface area contributed by atoms with Gasteiger partial charge in [0.05, 0.1) is 28.8 Å². The Morgan fingerprint density at radius 1 is 1.00 bits per heavy atom. The standard InChI is InChI=1S/C29H30ClN3O4/c1-4-5-12-33-21-16-24(37-13-8-11-32(2)3)23(34)15-19(21)25-22(33)14-18(17-9-6-7-10-20(17)30)26-27(25)29(36)31-28(26)35/h6-7,9-10,14-16,34H,4-5,8,11-13H2,1-3H3,(H,31,35,36). The lowest BCUT2D eigenvalue weighted by molar-refractivity contribution is 0.0880. The van der Waals surface area contributed by atoms with Crippen molar-refractivity contribution < 1.29 is 19.4 Å². The summed E-state index contributed by atoms with van der Waals surface area (Å²) in [6, 6.07) is 12.7. The van der Waals surface area contributed by atoms with Crippen LogP contribution in [0.3, 0.4) is 0 Å². The van der Waals surface area contributed by atoms with E-state index in [0.717, 1.165) is 36.8 Å². The molecule has 4 aromatic rings. The Balaban J connectivity index is 1.78. The molecule has 0 radical (unpaired) electrons. The molecule has 0 aliphatic carbocycles. The molecule has 1 aromatic heterocycles. The Kier molecular flexibility index (Phi) is 6.84. The molecule has 1 aliphatic heterocycles. The number of imide groups is 1. The fourth-order valence-electron chi connectivity index (χ4n) is 5.08. The summed E-state index contributed by atoms with van der Waals surface area (Å²) in [5, 5.41) is 15.2. The molecular weight excluding hydrogens is 490 g/mol. The smallest absolute Gasteiger partial charge is 0.259 e. The van der Waals surface area contributed by atoms with Gasteiger partial charge < -0.3 is 19.3 Å². The summed E-state index contributed by atoms with van der Waals surface area (Å²) >= 11 is 6.54. The SMILES string of the molecule is CCCCn1c2cc(OCCCN(C)C)c(O)cc2c2c3c(c(-c4ccccc4Cl)cc21)C(=O)NC3=O. The number of nitrogens with zero attached hydrogens (tertiary/aromatic N) is 2. The number of halogens is 1. The lowest BCUT2D eigenvalue weighted by Crippen LogP contribution is -2.20. The van der Waals surface area contributed by atoms with Crippen LogP contribution in [0.5, 0.6) is 11.5 Å². The highest BCUT2D eigenvalue weighted by Gasteiger charge is 2.35. The van der Waals surface area contributed by atoms with E-state index in [1.165, 1.54) is 0 Å². The zero-order chi connectivity index (χ0) is 26.3. The van der Waals surface area contributed by atoms with Crippen molar-refractivity contribution >= 4 is 45.2 Å².